The van der Waals surface area contributed by atoms with Crippen molar-refractivity contribution < 1.29 is 9.47 Å². The van der Waals surface area contributed by atoms with Crippen LogP contribution in [0.25, 0.3) is 0 Å². The molecule has 0 saturated carbocycles. The van der Waals surface area contributed by atoms with Gasteiger partial charge in [0.05, 0.1) is 12.2 Å². The largest absolute Gasteiger partial charge is 0.382 e. The average Bonchev–Trinajstić information content (AvgIpc) is 2.32. The fourth-order valence-electron chi connectivity index (χ4n) is 1.35. The lowest BCUT2D eigenvalue weighted by atomic mass is 9.96. The Morgan fingerprint density at radius 2 is 2.45 bits per heavy atom. The molecule has 0 spiro atoms. The Kier molecular flexibility index (Phi) is 3.84. The molecule has 2 radical (unpaired) electrons. The fraction of sp³-hybridized carbons (Fsp3) is 1.00. The summed E-state index contributed by atoms with van der Waals surface area (Å²) in [6.45, 7) is 2.73. The lowest BCUT2D eigenvalue weighted by Crippen LogP contribution is -2.25. The van der Waals surface area contributed by atoms with Crippen molar-refractivity contribution in [3.05, 3.63) is 0 Å². The van der Waals surface area contributed by atoms with Crippen LogP contribution in [0.4, 0.5) is 0 Å². The SMILES string of the molecule is [B]C1CC(OCC)C(CP)O1. The van der Waals surface area contributed by atoms with Gasteiger partial charge < -0.3 is 9.47 Å². The highest BCUT2D eigenvalue weighted by Crippen LogP contribution is 2.22. The van der Waals surface area contributed by atoms with E-state index in [0.717, 1.165) is 19.2 Å². The first kappa shape index (κ1) is 9.50. The molecule has 4 heteroatoms. The Morgan fingerprint density at radius 1 is 1.73 bits per heavy atom. The molecule has 0 aliphatic carbocycles. The summed E-state index contributed by atoms with van der Waals surface area (Å²) in [4.78, 5) is 0. The predicted octanol–water partition coefficient (Wildman–Crippen LogP) is 0.550. The van der Waals surface area contributed by atoms with Crippen LogP contribution in [0.15, 0.2) is 0 Å². The van der Waals surface area contributed by atoms with E-state index in [4.69, 9.17) is 17.3 Å². The Hall–Kier alpha value is 0.415. The maximum Gasteiger partial charge on any atom is 0.109 e. The minimum atomic E-state index is -0.128. The summed E-state index contributed by atoms with van der Waals surface area (Å²) in [6, 6.07) is -0.128. The normalized spacial score (nSPS) is 37.8. The van der Waals surface area contributed by atoms with Gasteiger partial charge in [0.2, 0.25) is 0 Å². The van der Waals surface area contributed by atoms with Crippen LogP contribution >= 0.6 is 9.24 Å². The zero-order chi connectivity index (χ0) is 8.27. The topological polar surface area (TPSA) is 18.5 Å². The molecular formula is C7H14BO2P. The molecule has 4 unspecified atom stereocenters. The molecule has 0 aromatic carbocycles. The number of rotatable bonds is 3. The lowest BCUT2D eigenvalue weighted by molar-refractivity contribution is 0.00381. The molecule has 2 nitrogen and oxygen atoms in total. The number of hydrogen-bond donors (Lipinski definition) is 0. The molecule has 1 fully saturated rings. The van der Waals surface area contributed by atoms with Gasteiger partial charge in [-0.2, -0.15) is 0 Å². The Balaban J connectivity index is 2.37. The van der Waals surface area contributed by atoms with Gasteiger partial charge in [0, 0.05) is 12.6 Å². The van der Waals surface area contributed by atoms with E-state index in [2.05, 4.69) is 9.24 Å². The average molecular weight is 172 g/mol. The standard InChI is InChI=1S/C7H14BO2P/c1-2-9-5-3-7(8)10-6(5)4-11/h5-7H,2-4,11H2,1H3. The van der Waals surface area contributed by atoms with Crippen LogP contribution in [0.5, 0.6) is 0 Å². The minimum Gasteiger partial charge on any atom is -0.382 e. The van der Waals surface area contributed by atoms with Gasteiger partial charge in [-0.25, -0.2) is 0 Å². The van der Waals surface area contributed by atoms with Crippen LogP contribution in [-0.2, 0) is 9.47 Å². The van der Waals surface area contributed by atoms with Crippen molar-refractivity contribution in [3.8, 4) is 0 Å². The van der Waals surface area contributed by atoms with Gasteiger partial charge >= 0.3 is 0 Å². The van der Waals surface area contributed by atoms with E-state index < -0.39 is 0 Å². The summed E-state index contributed by atoms with van der Waals surface area (Å²) < 4.78 is 10.9. The number of ether oxygens (including phenoxy) is 2. The molecule has 0 aromatic heterocycles. The van der Waals surface area contributed by atoms with E-state index in [1.54, 1.807) is 0 Å². The summed E-state index contributed by atoms with van der Waals surface area (Å²) in [5, 5.41) is 0. The van der Waals surface area contributed by atoms with Gasteiger partial charge in [-0.1, -0.05) is 0 Å². The van der Waals surface area contributed by atoms with E-state index in [9.17, 15) is 0 Å². The second kappa shape index (κ2) is 4.44. The summed E-state index contributed by atoms with van der Waals surface area (Å²) >= 11 is 0. The van der Waals surface area contributed by atoms with Crippen molar-refractivity contribution in [1.29, 1.82) is 0 Å². The van der Waals surface area contributed by atoms with Gasteiger partial charge in [-0.3, -0.25) is 0 Å². The molecule has 11 heavy (non-hydrogen) atoms. The van der Waals surface area contributed by atoms with Crippen molar-refractivity contribution >= 4 is 17.1 Å². The molecule has 0 N–H and O–H groups in total. The van der Waals surface area contributed by atoms with Gasteiger partial charge in [0.15, 0.2) is 0 Å². The quantitative estimate of drug-likeness (QED) is 0.457. The van der Waals surface area contributed by atoms with Crippen LogP contribution in [0, 0.1) is 0 Å². The van der Waals surface area contributed by atoms with Crippen molar-refractivity contribution in [1.82, 2.24) is 0 Å². The fourth-order valence-corrected chi connectivity index (χ4v) is 1.76. The third-order valence-corrected chi connectivity index (χ3v) is 2.31. The molecule has 1 aliphatic rings. The van der Waals surface area contributed by atoms with Crippen molar-refractivity contribution in [2.24, 2.45) is 0 Å². The van der Waals surface area contributed by atoms with Crippen LogP contribution in [-0.4, -0.2) is 38.8 Å². The maximum atomic E-state index is 5.61. The molecule has 0 bridgehead atoms. The predicted molar refractivity (Wildman–Crippen MR) is 49.0 cm³/mol. The summed E-state index contributed by atoms with van der Waals surface area (Å²) in [7, 11) is 8.26. The van der Waals surface area contributed by atoms with Gasteiger partial charge in [-0.15, -0.1) is 9.24 Å². The first-order chi connectivity index (χ1) is 5.27. The summed E-state index contributed by atoms with van der Waals surface area (Å²) in [5.74, 6) is 0. The summed E-state index contributed by atoms with van der Waals surface area (Å²) in [6.07, 6.45) is 2.10. The Morgan fingerprint density at radius 3 is 3.00 bits per heavy atom. The second-order valence-corrected chi connectivity index (χ2v) is 3.15. The first-order valence-corrected chi connectivity index (χ1v) is 4.82. The van der Waals surface area contributed by atoms with E-state index in [1.165, 1.54) is 0 Å². The van der Waals surface area contributed by atoms with Crippen molar-refractivity contribution in [3.63, 3.8) is 0 Å². The molecule has 1 aliphatic heterocycles. The van der Waals surface area contributed by atoms with Crippen LogP contribution in [0.3, 0.4) is 0 Å². The van der Waals surface area contributed by atoms with Gasteiger partial charge in [0.1, 0.15) is 7.85 Å². The second-order valence-electron chi connectivity index (χ2n) is 2.68. The highest BCUT2D eigenvalue weighted by atomic mass is 31.0. The zero-order valence-electron chi connectivity index (χ0n) is 6.82. The maximum absolute atomic E-state index is 5.61. The molecule has 0 amide bonds. The summed E-state index contributed by atoms with van der Waals surface area (Å²) in [5.41, 5.74) is 0. The third kappa shape index (κ3) is 2.43. The molecule has 1 heterocycles. The van der Waals surface area contributed by atoms with E-state index in [0.29, 0.717) is 0 Å². The lowest BCUT2D eigenvalue weighted by Gasteiger charge is -2.15. The van der Waals surface area contributed by atoms with Crippen LogP contribution in [0.2, 0.25) is 0 Å². The molecule has 1 saturated heterocycles. The third-order valence-electron chi connectivity index (χ3n) is 1.84. The highest BCUT2D eigenvalue weighted by molar-refractivity contribution is 7.16. The van der Waals surface area contributed by atoms with E-state index in [1.807, 2.05) is 6.92 Å². The molecule has 1 rings (SSSR count). The van der Waals surface area contributed by atoms with Crippen molar-refractivity contribution in [2.45, 2.75) is 31.6 Å². The molecule has 4 atom stereocenters. The number of hydrogen-bond acceptors (Lipinski definition) is 2. The van der Waals surface area contributed by atoms with Gasteiger partial charge in [0.25, 0.3) is 0 Å². The van der Waals surface area contributed by atoms with E-state index in [-0.39, 0.29) is 18.2 Å². The van der Waals surface area contributed by atoms with Crippen molar-refractivity contribution in [2.75, 3.05) is 12.8 Å². The Labute approximate surface area is 71.6 Å². The van der Waals surface area contributed by atoms with Gasteiger partial charge in [-0.05, 0) is 19.5 Å². The zero-order valence-corrected chi connectivity index (χ0v) is 7.98. The smallest absolute Gasteiger partial charge is 0.109 e. The first-order valence-electron chi connectivity index (χ1n) is 4.00. The van der Waals surface area contributed by atoms with Crippen LogP contribution in [0.1, 0.15) is 13.3 Å². The van der Waals surface area contributed by atoms with Crippen LogP contribution < -0.4 is 0 Å². The monoisotopic (exact) mass is 172 g/mol. The highest BCUT2D eigenvalue weighted by Gasteiger charge is 2.31. The molecule has 62 valence electrons. The Bertz CT molecular complexity index is 123. The van der Waals surface area contributed by atoms with E-state index >= 15 is 0 Å². The minimum absolute atomic E-state index is 0.128. The molecular weight excluding hydrogens is 158 g/mol. The molecule has 0 aromatic rings.